The molecule has 1 heterocycles. The quantitative estimate of drug-likeness (QED) is 0.406. The zero-order chi connectivity index (χ0) is 22.2. The Hall–Kier alpha value is -4.12. The molecule has 0 aliphatic rings. The fourth-order valence-corrected chi connectivity index (χ4v) is 2.84. The average molecular weight is 419 g/mol. The maximum absolute atomic E-state index is 12.4. The number of ether oxygens (including phenoxy) is 2. The first-order valence-corrected chi connectivity index (χ1v) is 9.53. The van der Waals surface area contributed by atoms with Gasteiger partial charge < -0.3 is 14.0 Å². The van der Waals surface area contributed by atoms with Crippen LogP contribution in [0.25, 0.3) is 0 Å². The van der Waals surface area contributed by atoms with E-state index in [0.29, 0.717) is 23.8 Å². The van der Waals surface area contributed by atoms with E-state index in [1.165, 1.54) is 4.90 Å². The molecule has 0 atom stereocenters. The first kappa shape index (κ1) is 21.6. The van der Waals surface area contributed by atoms with Crippen LogP contribution in [0.5, 0.6) is 5.75 Å². The molecule has 0 aliphatic heterocycles. The van der Waals surface area contributed by atoms with E-state index in [4.69, 9.17) is 19.3 Å². The number of anilines is 1. The number of para-hydroxylation sites is 1. The molecule has 31 heavy (non-hydrogen) atoms. The molecule has 3 rings (SSSR count). The number of benzene rings is 2. The number of aromatic nitrogens is 1. The summed E-state index contributed by atoms with van der Waals surface area (Å²) in [5, 5.41) is 12.9. The van der Waals surface area contributed by atoms with Crippen LogP contribution >= 0.6 is 0 Å². The van der Waals surface area contributed by atoms with E-state index >= 15 is 0 Å². The monoisotopic (exact) mass is 419 g/mol. The summed E-state index contributed by atoms with van der Waals surface area (Å²) >= 11 is 0. The summed E-state index contributed by atoms with van der Waals surface area (Å²) in [5.41, 5.74) is 2.49. The second-order valence-corrected chi connectivity index (χ2v) is 6.67. The summed E-state index contributed by atoms with van der Waals surface area (Å²) in [4.78, 5) is 26.0. The Morgan fingerprint density at radius 3 is 2.42 bits per heavy atom. The molecule has 2 aromatic carbocycles. The molecule has 0 aliphatic carbocycles. The molecule has 0 fully saturated rings. The van der Waals surface area contributed by atoms with Crippen molar-refractivity contribution in [1.29, 1.82) is 5.26 Å². The number of nitrogens with zero attached hydrogens (tertiary/aromatic N) is 3. The van der Waals surface area contributed by atoms with Crippen LogP contribution in [0, 0.1) is 25.2 Å². The Bertz CT molecular complexity index is 1070. The number of aryl methyl sites for hydroxylation is 2. The van der Waals surface area contributed by atoms with Crippen molar-refractivity contribution >= 4 is 17.6 Å². The lowest BCUT2D eigenvalue weighted by Gasteiger charge is -2.19. The van der Waals surface area contributed by atoms with E-state index in [1.54, 1.807) is 54.6 Å². The molecule has 0 N–H and O–H groups in total. The normalized spacial score (nSPS) is 10.2. The first-order chi connectivity index (χ1) is 15.0. The predicted octanol–water partition coefficient (Wildman–Crippen LogP) is 3.58. The van der Waals surface area contributed by atoms with Gasteiger partial charge in [0.15, 0.2) is 6.61 Å². The van der Waals surface area contributed by atoms with Gasteiger partial charge in [0, 0.05) is 5.69 Å². The predicted molar refractivity (Wildman–Crippen MR) is 111 cm³/mol. The number of rotatable bonds is 8. The fraction of sp³-hybridized carbons (Fsp3) is 0.217. The molecule has 0 bridgehead atoms. The molecule has 1 aromatic heterocycles. The van der Waals surface area contributed by atoms with Gasteiger partial charge in [-0.25, -0.2) is 4.79 Å². The van der Waals surface area contributed by atoms with Crippen LogP contribution in [0.4, 0.5) is 5.69 Å². The summed E-state index contributed by atoms with van der Waals surface area (Å²) in [6.45, 7) is 3.34. The molecular weight excluding hydrogens is 398 g/mol. The standard InChI is InChI=1S/C23H21N3O5/c1-16-21(17(2)31-25-16)14-29-20-10-8-18(9-11-20)23(28)30-15-22(27)26(13-12-24)19-6-4-3-5-7-19/h3-11H,13-15H2,1-2H3. The zero-order valence-corrected chi connectivity index (χ0v) is 17.2. The Morgan fingerprint density at radius 2 is 1.81 bits per heavy atom. The lowest BCUT2D eigenvalue weighted by molar-refractivity contribution is -0.121. The smallest absolute Gasteiger partial charge is 0.338 e. The maximum atomic E-state index is 12.4. The van der Waals surface area contributed by atoms with Crippen LogP contribution in [0.2, 0.25) is 0 Å². The van der Waals surface area contributed by atoms with Crippen LogP contribution in [0.3, 0.4) is 0 Å². The van der Waals surface area contributed by atoms with Gasteiger partial charge in [-0.05, 0) is 50.2 Å². The zero-order valence-electron chi connectivity index (χ0n) is 17.2. The molecule has 0 saturated carbocycles. The average Bonchev–Trinajstić information content (AvgIpc) is 3.12. The first-order valence-electron chi connectivity index (χ1n) is 9.53. The molecule has 1 amide bonds. The number of hydrogen-bond acceptors (Lipinski definition) is 7. The summed E-state index contributed by atoms with van der Waals surface area (Å²) < 4.78 is 15.9. The van der Waals surface area contributed by atoms with E-state index in [2.05, 4.69) is 5.16 Å². The molecule has 8 heteroatoms. The second-order valence-electron chi connectivity index (χ2n) is 6.67. The highest BCUT2D eigenvalue weighted by atomic mass is 16.5. The lowest BCUT2D eigenvalue weighted by atomic mass is 10.2. The third-order valence-corrected chi connectivity index (χ3v) is 4.58. The third kappa shape index (κ3) is 5.48. The molecule has 0 unspecified atom stereocenters. The highest BCUT2D eigenvalue weighted by Gasteiger charge is 2.18. The Kier molecular flexibility index (Phi) is 7.01. The van der Waals surface area contributed by atoms with Crippen molar-refractivity contribution in [1.82, 2.24) is 5.16 Å². The van der Waals surface area contributed by atoms with Gasteiger partial charge in [-0.15, -0.1) is 0 Å². The van der Waals surface area contributed by atoms with Crippen LogP contribution < -0.4 is 9.64 Å². The van der Waals surface area contributed by atoms with Crippen molar-refractivity contribution in [2.75, 3.05) is 18.1 Å². The summed E-state index contributed by atoms with van der Waals surface area (Å²) in [6.07, 6.45) is 0. The van der Waals surface area contributed by atoms with Gasteiger partial charge in [0.1, 0.15) is 24.7 Å². The molecule has 3 aromatic rings. The van der Waals surface area contributed by atoms with Gasteiger partial charge in [0.2, 0.25) is 0 Å². The Balaban J connectivity index is 1.55. The molecule has 0 saturated heterocycles. The number of nitriles is 1. The highest BCUT2D eigenvalue weighted by Crippen LogP contribution is 2.18. The van der Waals surface area contributed by atoms with Gasteiger partial charge in [-0.3, -0.25) is 9.69 Å². The van der Waals surface area contributed by atoms with E-state index in [0.717, 1.165) is 11.3 Å². The Labute approximate surface area is 179 Å². The van der Waals surface area contributed by atoms with Crippen LogP contribution in [0.15, 0.2) is 59.1 Å². The molecule has 158 valence electrons. The van der Waals surface area contributed by atoms with Gasteiger partial charge >= 0.3 is 5.97 Å². The summed E-state index contributed by atoms with van der Waals surface area (Å²) in [6, 6.07) is 17.1. The fourth-order valence-electron chi connectivity index (χ4n) is 2.84. The number of amides is 1. The third-order valence-electron chi connectivity index (χ3n) is 4.58. The minimum Gasteiger partial charge on any atom is -0.489 e. The van der Waals surface area contributed by atoms with E-state index in [-0.39, 0.29) is 12.1 Å². The second kappa shape index (κ2) is 10.1. The van der Waals surface area contributed by atoms with Crippen LogP contribution in [-0.2, 0) is 16.1 Å². The van der Waals surface area contributed by atoms with Crippen molar-refractivity contribution in [3.63, 3.8) is 0 Å². The lowest BCUT2D eigenvalue weighted by Crippen LogP contribution is -2.35. The van der Waals surface area contributed by atoms with E-state index in [9.17, 15) is 9.59 Å². The number of carbonyl (C=O) groups excluding carboxylic acids is 2. The van der Waals surface area contributed by atoms with Crippen molar-refractivity contribution in [2.24, 2.45) is 0 Å². The van der Waals surface area contributed by atoms with Crippen molar-refractivity contribution < 1.29 is 23.6 Å². The van der Waals surface area contributed by atoms with Gasteiger partial charge in [0.05, 0.1) is 22.9 Å². The Morgan fingerprint density at radius 1 is 1.10 bits per heavy atom. The van der Waals surface area contributed by atoms with E-state index < -0.39 is 18.5 Å². The number of esters is 1. The minimum atomic E-state index is -0.643. The van der Waals surface area contributed by atoms with Crippen LogP contribution in [-0.4, -0.2) is 30.2 Å². The molecular formula is C23H21N3O5. The molecule has 0 radical (unpaired) electrons. The highest BCUT2D eigenvalue weighted by molar-refractivity contribution is 5.97. The molecule has 8 nitrogen and oxygen atoms in total. The van der Waals surface area contributed by atoms with Crippen molar-refractivity contribution in [2.45, 2.75) is 20.5 Å². The molecule has 0 spiro atoms. The van der Waals surface area contributed by atoms with Crippen molar-refractivity contribution in [3.05, 3.63) is 77.2 Å². The maximum Gasteiger partial charge on any atom is 0.338 e. The minimum absolute atomic E-state index is 0.141. The topological polar surface area (TPSA) is 106 Å². The number of carbonyl (C=O) groups is 2. The SMILES string of the molecule is Cc1noc(C)c1COc1ccc(C(=O)OCC(=O)N(CC#N)c2ccccc2)cc1. The van der Waals surface area contributed by atoms with Crippen LogP contribution in [0.1, 0.15) is 27.4 Å². The largest absolute Gasteiger partial charge is 0.489 e. The summed E-state index contributed by atoms with van der Waals surface area (Å²) in [7, 11) is 0. The van der Waals surface area contributed by atoms with Gasteiger partial charge in [-0.2, -0.15) is 5.26 Å². The van der Waals surface area contributed by atoms with Gasteiger partial charge in [0.25, 0.3) is 5.91 Å². The summed E-state index contributed by atoms with van der Waals surface area (Å²) in [5.74, 6) is 0.135. The number of hydrogen-bond donors (Lipinski definition) is 0. The van der Waals surface area contributed by atoms with Crippen molar-refractivity contribution in [3.8, 4) is 11.8 Å². The van der Waals surface area contributed by atoms with E-state index in [1.807, 2.05) is 19.9 Å². The van der Waals surface area contributed by atoms with Gasteiger partial charge in [-0.1, -0.05) is 23.4 Å².